The maximum atomic E-state index is 10.9. The first-order valence-electron chi connectivity index (χ1n) is 3.92. The summed E-state index contributed by atoms with van der Waals surface area (Å²) in [5, 5.41) is 10.9. The molecule has 0 heterocycles. The minimum Gasteiger partial charge on any atom is -0.495 e. The number of hydrogen-bond donors (Lipinski definition) is 2. The topological polar surface area (TPSA) is 75.6 Å². The van der Waals surface area contributed by atoms with Gasteiger partial charge in [0.1, 0.15) is 5.75 Å². The molecular formula is C9H8ClNO4. The first kappa shape index (κ1) is 11.3. The minimum absolute atomic E-state index is 0.220. The van der Waals surface area contributed by atoms with Crippen LogP contribution >= 0.6 is 11.6 Å². The average Bonchev–Trinajstić information content (AvgIpc) is 2.18. The van der Waals surface area contributed by atoms with Gasteiger partial charge >= 0.3 is 11.9 Å². The van der Waals surface area contributed by atoms with E-state index in [2.05, 4.69) is 5.32 Å². The third-order valence-corrected chi connectivity index (χ3v) is 1.84. The summed E-state index contributed by atoms with van der Waals surface area (Å²) in [7, 11) is 1.40. The number of hydrogen-bond acceptors (Lipinski definition) is 3. The molecule has 0 aliphatic heterocycles. The molecule has 0 saturated carbocycles. The van der Waals surface area contributed by atoms with Crippen molar-refractivity contribution in [2.24, 2.45) is 0 Å². The van der Waals surface area contributed by atoms with E-state index in [4.69, 9.17) is 21.4 Å². The van der Waals surface area contributed by atoms with Crippen molar-refractivity contribution in [2.45, 2.75) is 0 Å². The monoisotopic (exact) mass is 229 g/mol. The molecule has 0 saturated heterocycles. The number of carboxylic acids is 1. The number of rotatable bonds is 2. The SMILES string of the molecule is COc1ccc(Cl)cc1NC(=O)C(=O)O. The summed E-state index contributed by atoms with van der Waals surface area (Å²) in [4.78, 5) is 21.2. The summed E-state index contributed by atoms with van der Waals surface area (Å²) in [5.41, 5.74) is 0.220. The summed E-state index contributed by atoms with van der Waals surface area (Å²) in [6, 6.07) is 4.50. The van der Waals surface area contributed by atoms with E-state index in [1.165, 1.54) is 19.2 Å². The number of halogens is 1. The van der Waals surface area contributed by atoms with Crippen molar-refractivity contribution < 1.29 is 19.4 Å². The molecule has 0 radical (unpaired) electrons. The van der Waals surface area contributed by atoms with Gasteiger partial charge in [-0.3, -0.25) is 4.79 Å². The predicted octanol–water partition coefficient (Wildman–Crippen LogP) is 1.37. The Labute approximate surface area is 90.6 Å². The number of carbonyl (C=O) groups is 2. The second-order valence-electron chi connectivity index (χ2n) is 2.60. The highest BCUT2D eigenvalue weighted by molar-refractivity contribution is 6.37. The average molecular weight is 230 g/mol. The molecule has 1 rings (SSSR count). The molecule has 0 spiro atoms. The Balaban J connectivity index is 2.97. The summed E-state index contributed by atoms with van der Waals surface area (Å²) in [5.74, 6) is -2.37. The quantitative estimate of drug-likeness (QED) is 0.751. The lowest BCUT2D eigenvalue weighted by molar-refractivity contribution is -0.147. The van der Waals surface area contributed by atoms with Gasteiger partial charge in [-0.2, -0.15) is 0 Å². The van der Waals surface area contributed by atoms with Crippen molar-refractivity contribution in [1.82, 2.24) is 0 Å². The van der Waals surface area contributed by atoms with Crippen molar-refractivity contribution in [2.75, 3.05) is 12.4 Å². The van der Waals surface area contributed by atoms with E-state index in [1.807, 2.05) is 0 Å². The second-order valence-corrected chi connectivity index (χ2v) is 3.04. The lowest BCUT2D eigenvalue weighted by Gasteiger charge is -2.08. The van der Waals surface area contributed by atoms with E-state index in [0.29, 0.717) is 10.8 Å². The van der Waals surface area contributed by atoms with Crippen molar-refractivity contribution in [3.05, 3.63) is 23.2 Å². The van der Waals surface area contributed by atoms with Gasteiger partial charge in [0, 0.05) is 5.02 Å². The summed E-state index contributed by atoms with van der Waals surface area (Å²) in [6.07, 6.45) is 0. The Kier molecular flexibility index (Phi) is 3.51. The molecule has 0 fully saturated rings. The van der Waals surface area contributed by atoms with Crippen molar-refractivity contribution in [3.63, 3.8) is 0 Å². The Bertz CT molecular complexity index is 405. The highest BCUT2D eigenvalue weighted by Crippen LogP contribution is 2.27. The molecule has 5 nitrogen and oxygen atoms in total. The summed E-state index contributed by atoms with van der Waals surface area (Å²) in [6.45, 7) is 0. The first-order chi connectivity index (χ1) is 7.04. The largest absolute Gasteiger partial charge is 0.495 e. The fourth-order valence-corrected chi connectivity index (χ4v) is 1.13. The normalized spacial score (nSPS) is 9.47. The lowest BCUT2D eigenvalue weighted by atomic mass is 10.3. The smallest absolute Gasteiger partial charge is 0.394 e. The zero-order chi connectivity index (χ0) is 11.4. The van der Waals surface area contributed by atoms with E-state index in [9.17, 15) is 9.59 Å². The molecule has 0 aromatic heterocycles. The number of methoxy groups -OCH3 is 1. The molecule has 1 amide bonds. The summed E-state index contributed by atoms with van der Waals surface area (Å²) < 4.78 is 4.91. The maximum absolute atomic E-state index is 10.9. The van der Waals surface area contributed by atoms with Gasteiger partial charge in [0.15, 0.2) is 0 Å². The van der Waals surface area contributed by atoms with Crippen LogP contribution in [-0.2, 0) is 9.59 Å². The third kappa shape index (κ3) is 2.85. The maximum Gasteiger partial charge on any atom is 0.394 e. The molecule has 1 aromatic carbocycles. The zero-order valence-corrected chi connectivity index (χ0v) is 8.54. The van der Waals surface area contributed by atoms with Crippen LogP contribution < -0.4 is 10.1 Å². The lowest BCUT2D eigenvalue weighted by Crippen LogP contribution is -2.22. The molecule has 80 valence electrons. The number of nitrogens with one attached hydrogen (secondary N) is 1. The Morgan fingerprint density at radius 1 is 1.47 bits per heavy atom. The number of aliphatic carboxylic acids is 1. The van der Waals surface area contributed by atoms with Crippen LogP contribution in [0.3, 0.4) is 0 Å². The van der Waals surface area contributed by atoms with Crippen molar-refractivity contribution in [3.8, 4) is 5.75 Å². The van der Waals surface area contributed by atoms with Crippen LogP contribution in [-0.4, -0.2) is 24.1 Å². The van der Waals surface area contributed by atoms with E-state index in [0.717, 1.165) is 0 Å². The predicted molar refractivity (Wildman–Crippen MR) is 54.3 cm³/mol. The molecule has 0 bridgehead atoms. The number of carboxylic acid groups (broad SMARTS) is 1. The van der Waals surface area contributed by atoms with Crippen LogP contribution in [0.4, 0.5) is 5.69 Å². The zero-order valence-electron chi connectivity index (χ0n) is 7.78. The molecular weight excluding hydrogens is 222 g/mol. The van der Waals surface area contributed by atoms with E-state index in [1.54, 1.807) is 6.07 Å². The molecule has 0 atom stereocenters. The third-order valence-electron chi connectivity index (χ3n) is 1.60. The van der Waals surface area contributed by atoms with Gasteiger partial charge in [0.25, 0.3) is 0 Å². The van der Waals surface area contributed by atoms with Gasteiger partial charge in [-0.1, -0.05) is 11.6 Å². The van der Waals surface area contributed by atoms with Crippen molar-refractivity contribution >= 4 is 29.2 Å². The summed E-state index contributed by atoms with van der Waals surface area (Å²) >= 11 is 5.68. The van der Waals surface area contributed by atoms with Gasteiger partial charge in [-0.15, -0.1) is 0 Å². The first-order valence-corrected chi connectivity index (χ1v) is 4.30. The number of carbonyl (C=O) groups excluding carboxylic acids is 1. The van der Waals surface area contributed by atoms with E-state index in [-0.39, 0.29) is 5.69 Å². The molecule has 0 unspecified atom stereocenters. The molecule has 1 aromatic rings. The molecule has 15 heavy (non-hydrogen) atoms. The number of amides is 1. The van der Waals surface area contributed by atoms with Gasteiger partial charge in [0.2, 0.25) is 0 Å². The van der Waals surface area contributed by atoms with Crippen LogP contribution in [0.1, 0.15) is 0 Å². The van der Waals surface area contributed by atoms with Crippen LogP contribution in [0.15, 0.2) is 18.2 Å². The van der Waals surface area contributed by atoms with Crippen LogP contribution in [0.5, 0.6) is 5.75 Å². The number of benzene rings is 1. The Morgan fingerprint density at radius 3 is 2.67 bits per heavy atom. The van der Waals surface area contributed by atoms with Crippen LogP contribution in [0.25, 0.3) is 0 Å². The van der Waals surface area contributed by atoms with Gasteiger partial charge in [0.05, 0.1) is 12.8 Å². The fourth-order valence-electron chi connectivity index (χ4n) is 0.954. The van der Waals surface area contributed by atoms with E-state index < -0.39 is 11.9 Å². The second kappa shape index (κ2) is 4.65. The molecule has 0 aliphatic rings. The number of ether oxygens (including phenoxy) is 1. The highest BCUT2D eigenvalue weighted by Gasteiger charge is 2.14. The van der Waals surface area contributed by atoms with Gasteiger partial charge in [-0.05, 0) is 18.2 Å². The van der Waals surface area contributed by atoms with Gasteiger partial charge in [-0.25, -0.2) is 4.79 Å². The van der Waals surface area contributed by atoms with Crippen LogP contribution in [0.2, 0.25) is 5.02 Å². The Morgan fingerprint density at radius 2 is 2.13 bits per heavy atom. The molecule has 0 aliphatic carbocycles. The highest BCUT2D eigenvalue weighted by atomic mass is 35.5. The van der Waals surface area contributed by atoms with Crippen molar-refractivity contribution in [1.29, 1.82) is 0 Å². The van der Waals surface area contributed by atoms with Gasteiger partial charge < -0.3 is 15.2 Å². The minimum atomic E-state index is -1.57. The van der Waals surface area contributed by atoms with Crippen LogP contribution in [0, 0.1) is 0 Å². The molecule has 2 N–H and O–H groups in total. The molecule has 6 heteroatoms. The fraction of sp³-hybridized carbons (Fsp3) is 0.111. The number of anilines is 1. The Hall–Kier alpha value is -1.75. The van der Waals surface area contributed by atoms with E-state index >= 15 is 0 Å². The standard InChI is InChI=1S/C9H8ClNO4/c1-15-7-3-2-5(10)4-6(7)11-8(12)9(13)14/h2-4H,1H3,(H,11,12)(H,13,14).